The molecule has 31 heavy (non-hydrogen) atoms. The van der Waals surface area contributed by atoms with Crippen LogP contribution >= 0.6 is 0 Å². The van der Waals surface area contributed by atoms with Gasteiger partial charge in [-0.25, -0.2) is 5.43 Å². The number of hydrogen-bond acceptors (Lipinski definition) is 7. The summed E-state index contributed by atoms with van der Waals surface area (Å²) in [4.78, 5) is 12.2. The third-order valence-electron chi connectivity index (χ3n) is 4.28. The molecule has 0 aliphatic carbocycles. The Morgan fingerprint density at radius 3 is 2.45 bits per heavy atom. The van der Waals surface area contributed by atoms with Crippen molar-refractivity contribution in [3.05, 3.63) is 77.4 Å². The second-order valence-corrected chi connectivity index (χ2v) is 6.46. The van der Waals surface area contributed by atoms with Crippen LogP contribution in [0.3, 0.4) is 0 Å². The van der Waals surface area contributed by atoms with Gasteiger partial charge in [0.1, 0.15) is 23.9 Å². The zero-order valence-electron chi connectivity index (χ0n) is 17.0. The van der Waals surface area contributed by atoms with Gasteiger partial charge in [0.25, 0.3) is 5.91 Å². The summed E-state index contributed by atoms with van der Waals surface area (Å²) in [5.74, 6) is 0.648. The van der Waals surface area contributed by atoms with Gasteiger partial charge >= 0.3 is 0 Å². The van der Waals surface area contributed by atoms with E-state index in [1.807, 2.05) is 24.3 Å². The first-order valence-corrected chi connectivity index (χ1v) is 9.29. The topological polar surface area (TPSA) is 110 Å². The summed E-state index contributed by atoms with van der Waals surface area (Å²) in [6.07, 6.45) is 1.42. The van der Waals surface area contributed by atoms with E-state index >= 15 is 0 Å². The van der Waals surface area contributed by atoms with Crippen molar-refractivity contribution in [1.82, 2.24) is 5.43 Å². The maximum atomic E-state index is 12.2. The van der Waals surface area contributed by atoms with Crippen LogP contribution in [0.5, 0.6) is 28.7 Å². The number of carbonyl (C=O) groups is 1. The monoisotopic (exact) mass is 422 g/mol. The Hall–Kier alpha value is -4.20. The van der Waals surface area contributed by atoms with Crippen molar-refractivity contribution in [3.63, 3.8) is 0 Å². The van der Waals surface area contributed by atoms with Gasteiger partial charge in [-0.15, -0.1) is 0 Å². The van der Waals surface area contributed by atoms with Crippen LogP contribution in [0.1, 0.15) is 21.5 Å². The first kappa shape index (κ1) is 21.5. The van der Waals surface area contributed by atoms with Gasteiger partial charge in [-0.2, -0.15) is 5.10 Å². The van der Waals surface area contributed by atoms with Crippen molar-refractivity contribution in [3.8, 4) is 28.7 Å². The van der Waals surface area contributed by atoms with Crippen molar-refractivity contribution in [1.29, 1.82) is 0 Å². The number of rotatable bonds is 8. The molecule has 0 aromatic heterocycles. The number of hydrazone groups is 1. The quantitative estimate of drug-likeness (QED) is 0.379. The SMILES string of the molecule is COc1cccc(COc2c(/C=N/NC(=O)c3cc(O)cc(O)c3)cccc2OC)c1. The van der Waals surface area contributed by atoms with E-state index in [2.05, 4.69) is 10.5 Å². The maximum Gasteiger partial charge on any atom is 0.271 e. The molecule has 0 aliphatic heterocycles. The number of nitrogens with zero attached hydrogens (tertiary/aromatic N) is 1. The average molecular weight is 422 g/mol. The van der Waals surface area contributed by atoms with Crippen LogP contribution < -0.4 is 19.6 Å². The van der Waals surface area contributed by atoms with Gasteiger partial charge < -0.3 is 24.4 Å². The zero-order chi connectivity index (χ0) is 22.2. The van der Waals surface area contributed by atoms with E-state index in [1.54, 1.807) is 25.3 Å². The number of benzene rings is 3. The second-order valence-electron chi connectivity index (χ2n) is 6.46. The number of carbonyl (C=O) groups excluding carboxylic acids is 1. The third-order valence-corrected chi connectivity index (χ3v) is 4.28. The molecule has 0 aliphatic rings. The van der Waals surface area contributed by atoms with Crippen LogP contribution in [0.15, 0.2) is 65.8 Å². The van der Waals surface area contributed by atoms with Crippen LogP contribution in [-0.4, -0.2) is 36.6 Å². The van der Waals surface area contributed by atoms with Crippen LogP contribution in [0, 0.1) is 0 Å². The van der Waals surface area contributed by atoms with Crippen molar-refractivity contribution < 1.29 is 29.2 Å². The highest BCUT2D eigenvalue weighted by atomic mass is 16.5. The molecule has 0 spiro atoms. The second kappa shape index (κ2) is 10.0. The Kier molecular flexibility index (Phi) is 6.95. The van der Waals surface area contributed by atoms with E-state index < -0.39 is 5.91 Å². The summed E-state index contributed by atoms with van der Waals surface area (Å²) < 4.78 is 16.6. The molecule has 0 radical (unpaired) electrons. The molecular weight excluding hydrogens is 400 g/mol. The maximum absolute atomic E-state index is 12.2. The van der Waals surface area contributed by atoms with Crippen molar-refractivity contribution in [2.45, 2.75) is 6.61 Å². The minimum absolute atomic E-state index is 0.0646. The van der Waals surface area contributed by atoms with Crippen LogP contribution in [0.2, 0.25) is 0 Å². The fourth-order valence-corrected chi connectivity index (χ4v) is 2.82. The molecular formula is C23H22N2O6. The molecule has 8 heteroatoms. The van der Waals surface area contributed by atoms with E-state index in [4.69, 9.17) is 14.2 Å². The highest BCUT2D eigenvalue weighted by Crippen LogP contribution is 2.31. The molecule has 0 atom stereocenters. The smallest absolute Gasteiger partial charge is 0.271 e. The normalized spacial score (nSPS) is 10.6. The molecule has 3 N–H and O–H groups in total. The fourth-order valence-electron chi connectivity index (χ4n) is 2.82. The molecule has 0 fully saturated rings. The molecule has 160 valence electrons. The Bertz CT molecular complexity index is 1080. The van der Waals surface area contributed by atoms with E-state index in [1.165, 1.54) is 25.5 Å². The molecule has 3 aromatic carbocycles. The highest BCUT2D eigenvalue weighted by molar-refractivity contribution is 5.96. The molecule has 1 amide bonds. The number of hydrogen-bond donors (Lipinski definition) is 3. The Morgan fingerprint density at radius 2 is 1.74 bits per heavy atom. The molecule has 3 aromatic rings. The largest absolute Gasteiger partial charge is 0.508 e. The Labute approximate surface area is 179 Å². The number of amides is 1. The number of ether oxygens (including phenoxy) is 3. The zero-order valence-corrected chi connectivity index (χ0v) is 17.0. The van der Waals surface area contributed by atoms with Crippen molar-refractivity contribution >= 4 is 12.1 Å². The lowest BCUT2D eigenvalue weighted by Crippen LogP contribution is -2.17. The van der Waals surface area contributed by atoms with Crippen LogP contribution in [-0.2, 0) is 6.61 Å². The average Bonchev–Trinajstić information content (AvgIpc) is 2.77. The lowest BCUT2D eigenvalue weighted by molar-refractivity contribution is 0.0954. The summed E-state index contributed by atoms with van der Waals surface area (Å²) in [6, 6.07) is 16.4. The molecule has 8 nitrogen and oxygen atoms in total. The van der Waals surface area contributed by atoms with Crippen molar-refractivity contribution in [2.24, 2.45) is 5.10 Å². The molecule has 0 saturated heterocycles. The number of aromatic hydroxyl groups is 2. The van der Waals surface area contributed by atoms with E-state index in [0.717, 1.165) is 17.4 Å². The lowest BCUT2D eigenvalue weighted by atomic mass is 10.2. The minimum atomic E-state index is -0.593. The van der Waals surface area contributed by atoms with Gasteiger partial charge in [-0.1, -0.05) is 18.2 Å². The van der Waals surface area contributed by atoms with Crippen LogP contribution in [0.25, 0.3) is 0 Å². The van der Waals surface area contributed by atoms with Gasteiger partial charge in [0, 0.05) is 17.2 Å². The number of phenols is 2. The third kappa shape index (κ3) is 5.66. The summed E-state index contributed by atoms with van der Waals surface area (Å²) in [5.41, 5.74) is 3.91. The van der Waals surface area contributed by atoms with E-state index in [-0.39, 0.29) is 23.7 Å². The number of nitrogens with one attached hydrogen (secondary N) is 1. The predicted molar refractivity (Wildman–Crippen MR) is 115 cm³/mol. The number of methoxy groups -OCH3 is 2. The minimum Gasteiger partial charge on any atom is -0.508 e. The number of para-hydroxylation sites is 1. The molecule has 0 bridgehead atoms. The van der Waals surface area contributed by atoms with Gasteiger partial charge in [-0.3, -0.25) is 4.79 Å². The standard InChI is InChI=1S/C23H22N2O6/c1-29-20-7-3-5-15(9-20)14-31-22-16(6-4-8-21(22)30-2)13-24-25-23(28)17-10-18(26)12-19(27)11-17/h3-13,26-27H,14H2,1-2H3,(H,25,28)/b24-13+. The van der Waals surface area contributed by atoms with Gasteiger partial charge in [0.2, 0.25) is 0 Å². The lowest BCUT2D eigenvalue weighted by Gasteiger charge is -2.13. The summed E-state index contributed by atoms with van der Waals surface area (Å²) in [6.45, 7) is 0.271. The summed E-state index contributed by atoms with van der Waals surface area (Å²) >= 11 is 0. The van der Waals surface area contributed by atoms with Gasteiger partial charge in [0.05, 0.1) is 20.4 Å². The van der Waals surface area contributed by atoms with Gasteiger partial charge in [0.15, 0.2) is 11.5 Å². The first-order chi connectivity index (χ1) is 15.0. The molecule has 0 heterocycles. The molecule has 0 unspecified atom stereocenters. The molecule has 0 saturated carbocycles. The molecule has 3 rings (SSSR count). The van der Waals surface area contributed by atoms with Crippen LogP contribution in [0.4, 0.5) is 0 Å². The number of phenolic OH excluding ortho intramolecular Hbond substituents is 2. The van der Waals surface area contributed by atoms with Gasteiger partial charge in [-0.05, 0) is 42.0 Å². The Balaban J connectivity index is 1.75. The van der Waals surface area contributed by atoms with E-state index in [0.29, 0.717) is 17.1 Å². The predicted octanol–water partition coefficient (Wildman–Crippen LogP) is 3.46. The summed E-state index contributed by atoms with van der Waals surface area (Å²) in [7, 11) is 3.13. The van der Waals surface area contributed by atoms with Crippen molar-refractivity contribution in [2.75, 3.05) is 14.2 Å². The summed E-state index contributed by atoms with van der Waals surface area (Å²) in [5, 5.41) is 23.0. The fraction of sp³-hybridized carbons (Fsp3) is 0.130. The first-order valence-electron chi connectivity index (χ1n) is 9.29. The highest BCUT2D eigenvalue weighted by Gasteiger charge is 2.11. The Morgan fingerprint density at radius 1 is 1.00 bits per heavy atom. The van der Waals surface area contributed by atoms with E-state index in [9.17, 15) is 15.0 Å².